The summed E-state index contributed by atoms with van der Waals surface area (Å²) in [5, 5.41) is 4.25. The fourth-order valence-corrected chi connectivity index (χ4v) is 5.96. The molecule has 1 N–H and O–H groups in total. The van der Waals surface area contributed by atoms with Gasteiger partial charge in [-0.1, -0.05) is 41.9 Å². The molecule has 0 unspecified atom stereocenters. The van der Waals surface area contributed by atoms with Gasteiger partial charge in [0.25, 0.3) is 5.91 Å². The maximum Gasteiger partial charge on any atom is 0.256 e. The average Bonchev–Trinajstić information content (AvgIpc) is 3.30. The number of para-hydroxylation sites is 1. The van der Waals surface area contributed by atoms with E-state index in [0.717, 1.165) is 43.7 Å². The normalized spacial score (nSPS) is 11.6. The number of hydrogen-bond donors (Lipinski definition) is 1. The third-order valence-corrected chi connectivity index (χ3v) is 8.74. The zero-order valence-corrected chi connectivity index (χ0v) is 22.8. The molecule has 0 aliphatic carbocycles. The highest BCUT2D eigenvalue weighted by Gasteiger charge is 2.19. The Balaban J connectivity index is 1.54. The Morgan fingerprint density at radius 2 is 1.68 bits per heavy atom. The number of fused-ring (bicyclic) bond motifs is 1. The number of carbonyl (C=O) groups is 1. The highest BCUT2D eigenvalue weighted by molar-refractivity contribution is 7.90. The molecule has 1 heterocycles. The van der Waals surface area contributed by atoms with E-state index in [4.69, 9.17) is 11.6 Å². The third kappa shape index (κ3) is 5.16. The number of carbonyl (C=O) groups excluding carboxylic acids is 1. The summed E-state index contributed by atoms with van der Waals surface area (Å²) in [6, 6.07) is 23.5. The van der Waals surface area contributed by atoms with Crippen LogP contribution in [0.2, 0.25) is 5.02 Å². The molecule has 0 aliphatic rings. The number of rotatable bonds is 5. The molecule has 0 saturated heterocycles. The van der Waals surface area contributed by atoms with Crippen molar-refractivity contribution < 1.29 is 13.2 Å². The van der Waals surface area contributed by atoms with Crippen molar-refractivity contribution in [1.29, 1.82) is 0 Å². The van der Waals surface area contributed by atoms with Crippen LogP contribution in [-0.4, -0.2) is 25.6 Å². The second kappa shape index (κ2) is 9.74. The minimum Gasteiger partial charge on any atom is -0.322 e. The molecule has 37 heavy (non-hydrogen) atoms. The van der Waals surface area contributed by atoms with Gasteiger partial charge in [0.05, 0.1) is 20.1 Å². The zero-order chi connectivity index (χ0) is 26.3. The molecule has 0 spiro atoms. The summed E-state index contributed by atoms with van der Waals surface area (Å²) < 4.78 is 25.6. The number of halogens is 1. The van der Waals surface area contributed by atoms with Crippen LogP contribution in [0.5, 0.6) is 0 Å². The predicted molar refractivity (Wildman–Crippen MR) is 152 cm³/mol. The predicted octanol–water partition coefficient (Wildman–Crippen LogP) is 7.56. The van der Waals surface area contributed by atoms with Crippen molar-refractivity contribution in [2.24, 2.45) is 0 Å². The molecular weight excluding hydrogens is 524 g/mol. The van der Waals surface area contributed by atoms with Gasteiger partial charge in [0, 0.05) is 23.1 Å². The van der Waals surface area contributed by atoms with Gasteiger partial charge in [-0.05, 0) is 84.6 Å². The second-order valence-corrected chi connectivity index (χ2v) is 12.4. The van der Waals surface area contributed by atoms with Crippen LogP contribution in [0.4, 0.5) is 5.69 Å². The molecule has 0 saturated carbocycles. The number of nitrogens with zero attached hydrogens (tertiary/aromatic N) is 1. The van der Waals surface area contributed by atoms with E-state index < -0.39 is 9.84 Å². The lowest BCUT2D eigenvalue weighted by atomic mass is 9.96. The fraction of sp³-hybridized carbons (Fsp3) is 0.103. The lowest BCUT2D eigenvalue weighted by molar-refractivity contribution is 0.102. The van der Waals surface area contributed by atoms with Crippen molar-refractivity contribution in [3.05, 3.63) is 101 Å². The number of nitrogens with one attached hydrogen (secondary N) is 1. The number of aryl methyl sites for hydroxylation is 2. The lowest BCUT2D eigenvalue weighted by Crippen LogP contribution is -2.14. The van der Waals surface area contributed by atoms with Gasteiger partial charge in [-0.3, -0.25) is 4.79 Å². The Bertz CT molecular complexity index is 1760. The Kier molecular flexibility index (Phi) is 6.62. The molecular formula is C29H23ClN2O3S2. The molecule has 5 aromatic rings. The van der Waals surface area contributed by atoms with Gasteiger partial charge in [-0.15, -0.1) is 11.3 Å². The number of thiazole rings is 1. The van der Waals surface area contributed by atoms with E-state index in [1.807, 2.05) is 56.3 Å². The van der Waals surface area contributed by atoms with E-state index in [-0.39, 0.29) is 10.8 Å². The molecule has 0 atom stereocenters. The quantitative estimate of drug-likeness (QED) is 0.247. The molecule has 8 heteroatoms. The van der Waals surface area contributed by atoms with E-state index in [2.05, 4.69) is 10.3 Å². The number of amides is 1. The fourth-order valence-electron chi connectivity index (χ4n) is 4.05. The van der Waals surface area contributed by atoms with Crippen molar-refractivity contribution in [1.82, 2.24) is 4.98 Å². The molecule has 1 aromatic heterocycles. The van der Waals surface area contributed by atoms with Crippen LogP contribution >= 0.6 is 22.9 Å². The van der Waals surface area contributed by atoms with Gasteiger partial charge in [-0.2, -0.15) is 0 Å². The SMILES string of the molecule is Cc1ccc(-c2cc(S(C)(=O)=O)ccc2C(=O)Nc2ccc(Cl)c(-c3nc4ccccc4s3)c2)cc1C. The zero-order valence-electron chi connectivity index (χ0n) is 20.4. The van der Waals surface area contributed by atoms with Gasteiger partial charge >= 0.3 is 0 Å². The Morgan fingerprint density at radius 1 is 0.892 bits per heavy atom. The summed E-state index contributed by atoms with van der Waals surface area (Å²) in [6.07, 6.45) is 1.16. The smallest absolute Gasteiger partial charge is 0.256 e. The van der Waals surface area contributed by atoms with Gasteiger partial charge in [-0.25, -0.2) is 13.4 Å². The van der Waals surface area contributed by atoms with Gasteiger partial charge in [0.1, 0.15) is 5.01 Å². The van der Waals surface area contributed by atoms with Crippen LogP contribution in [0.25, 0.3) is 31.9 Å². The standard InChI is InChI=1S/C29H23ClN2O3S2/c1-17-8-9-19(14-18(17)2)23-16-21(37(3,34)35)11-12-22(23)28(33)31-20-10-13-25(30)24(15-20)29-32-26-6-4-5-7-27(26)36-29/h4-16H,1-3H3,(H,31,33). The largest absolute Gasteiger partial charge is 0.322 e. The molecule has 0 radical (unpaired) electrons. The van der Waals surface area contributed by atoms with Crippen LogP contribution in [0.1, 0.15) is 21.5 Å². The molecule has 1 amide bonds. The van der Waals surface area contributed by atoms with Crippen molar-refractivity contribution in [3.63, 3.8) is 0 Å². The molecule has 5 rings (SSSR count). The van der Waals surface area contributed by atoms with Crippen molar-refractivity contribution in [3.8, 4) is 21.7 Å². The van der Waals surface area contributed by atoms with Crippen LogP contribution in [-0.2, 0) is 9.84 Å². The summed E-state index contributed by atoms with van der Waals surface area (Å²) in [5.41, 5.74) is 6.01. The molecule has 0 fully saturated rings. The van der Waals surface area contributed by atoms with Crippen molar-refractivity contribution in [2.45, 2.75) is 18.7 Å². The topological polar surface area (TPSA) is 76.1 Å². The average molecular weight is 547 g/mol. The Morgan fingerprint density at radius 3 is 2.41 bits per heavy atom. The van der Waals surface area contributed by atoms with E-state index >= 15 is 0 Å². The first-order chi connectivity index (χ1) is 17.6. The summed E-state index contributed by atoms with van der Waals surface area (Å²) in [6.45, 7) is 3.99. The maximum atomic E-state index is 13.5. The summed E-state index contributed by atoms with van der Waals surface area (Å²) in [7, 11) is -3.46. The number of sulfone groups is 1. The number of anilines is 1. The molecule has 0 bridgehead atoms. The Hall–Kier alpha value is -3.52. The van der Waals surface area contributed by atoms with Crippen molar-refractivity contribution >= 4 is 54.6 Å². The molecule has 4 aromatic carbocycles. The van der Waals surface area contributed by atoms with Crippen LogP contribution in [0.15, 0.2) is 83.8 Å². The highest BCUT2D eigenvalue weighted by atomic mass is 35.5. The minimum absolute atomic E-state index is 0.155. The molecule has 0 aliphatic heterocycles. The number of benzene rings is 4. The van der Waals surface area contributed by atoms with Gasteiger partial charge < -0.3 is 5.32 Å². The van der Waals surface area contributed by atoms with Crippen LogP contribution < -0.4 is 5.32 Å². The number of aromatic nitrogens is 1. The summed E-state index contributed by atoms with van der Waals surface area (Å²) in [4.78, 5) is 18.3. The first-order valence-electron chi connectivity index (χ1n) is 11.5. The van der Waals surface area contributed by atoms with Crippen LogP contribution in [0, 0.1) is 13.8 Å². The van der Waals surface area contributed by atoms with Gasteiger partial charge in [0.15, 0.2) is 9.84 Å². The Labute approximate surface area is 224 Å². The monoisotopic (exact) mass is 546 g/mol. The van der Waals surface area contributed by atoms with Crippen molar-refractivity contribution in [2.75, 3.05) is 11.6 Å². The minimum atomic E-state index is -3.46. The van der Waals surface area contributed by atoms with E-state index in [1.165, 1.54) is 17.4 Å². The molecule has 186 valence electrons. The van der Waals surface area contributed by atoms with E-state index in [9.17, 15) is 13.2 Å². The third-order valence-electron chi connectivity index (χ3n) is 6.23. The lowest BCUT2D eigenvalue weighted by Gasteiger charge is -2.14. The summed E-state index contributed by atoms with van der Waals surface area (Å²) >= 11 is 8.03. The van der Waals surface area contributed by atoms with E-state index in [1.54, 1.807) is 30.3 Å². The summed E-state index contributed by atoms with van der Waals surface area (Å²) in [5.74, 6) is -0.356. The van der Waals surface area contributed by atoms with Gasteiger partial charge in [0.2, 0.25) is 0 Å². The highest BCUT2D eigenvalue weighted by Crippen LogP contribution is 2.36. The first-order valence-corrected chi connectivity index (χ1v) is 14.6. The second-order valence-electron chi connectivity index (χ2n) is 8.91. The van der Waals surface area contributed by atoms with E-state index in [0.29, 0.717) is 21.8 Å². The maximum absolute atomic E-state index is 13.5. The number of hydrogen-bond acceptors (Lipinski definition) is 5. The first kappa shape index (κ1) is 25.1. The van der Waals surface area contributed by atoms with Crippen LogP contribution in [0.3, 0.4) is 0 Å². The molecule has 5 nitrogen and oxygen atoms in total.